The highest BCUT2D eigenvalue weighted by Gasteiger charge is 2.77. The van der Waals surface area contributed by atoms with Crippen LogP contribution in [0.25, 0.3) is 0 Å². The third kappa shape index (κ3) is 7.07. The average molecular weight is 709 g/mol. The van der Waals surface area contributed by atoms with Gasteiger partial charge in [-0.3, -0.25) is 19.2 Å². The van der Waals surface area contributed by atoms with Crippen molar-refractivity contribution in [2.75, 3.05) is 26.2 Å². The number of rotatable bonds is 16. The number of nitrogens with one attached hydrogen (secondary N) is 1. The molecule has 3 aliphatic heterocycles. The van der Waals surface area contributed by atoms with Crippen molar-refractivity contribution in [3.8, 4) is 0 Å². The Morgan fingerprint density at radius 3 is 2.49 bits per heavy atom. The van der Waals surface area contributed by atoms with Gasteiger partial charge in [0.1, 0.15) is 17.7 Å². The normalized spacial score (nSPS) is 26.4. The summed E-state index contributed by atoms with van der Waals surface area (Å²) in [5, 5.41) is 12.5. The summed E-state index contributed by atoms with van der Waals surface area (Å²) < 4.78 is 12.7. The number of aliphatic hydroxyl groups excluding tert-OH is 1. The summed E-state index contributed by atoms with van der Waals surface area (Å²) in [6.07, 6.45) is 3.17. The number of hydrogen-bond acceptors (Lipinski definition) is 7. The number of amides is 3. The smallest absolute Gasteiger partial charge is 0.313 e. The molecule has 0 aromatic heterocycles. The van der Waals surface area contributed by atoms with Crippen molar-refractivity contribution < 1.29 is 33.8 Å². The number of carbonyl (C=O) groups excluding carboxylic acids is 4. The standard InChI is InChI=1S/C36H42BrN3O7/c1-3-5-17-28(42)38-22-27(25-15-10-7-11-16-25)46-35(45)29-30-33(43)40(19-12-20-41)32(36(30)21-26(37)31(29)47-36)34(44)39(18-4-2)23-24-13-8-6-9-14-24/h3-4,6-11,13-16,26-27,29-32,41H,1-2,5,12,17-23H2,(H,38,42)/t26?,27-,29+,30-,31+,32+,36-/m1/s1. The van der Waals surface area contributed by atoms with Crippen LogP contribution in [0.4, 0.5) is 0 Å². The second-order valence-electron chi connectivity index (χ2n) is 12.2. The zero-order valence-electron chi connectivity index (χ0n) is 26.3. The number of hydrogen-bond donors (Lipinski definition) is 2. The molecule has 2 aromatic rings. The molecule has 2 bridgehead atoms. The first-order chi connectivity index (χ1) is 22.7. The van der Waals surface area contributed by atoms with E-state index in [-0.39, 0.29) is 61.6 Å². The molecule has 0 aliphatic carbocycles. The molecular weight excluding hydrogens is 666 g/mol. The Morgan fingerprint density at radius 2 is 1.83 bits per heavy atom. The SMILES string of the molecule is C=CCCC(=O)NC[C@@H](OC(=O)[C@@H]1[C@H]2O[C@@]3(CC2Br)[C@H](C(=O)N(CC=C)Cc2ccccc2)N(CCCO)C(=O)[C@@H]13)c1ccccc1. The molecular formula is C36H42BrN3O7. The van der Waals surface area contributed by atoms with Gasteiger partial charge in [0.25, 0.3) is 0 Å². The van der Waals surface area contributed by atoms with Crippen molar-refractivity contribution in [2.24, 2.45) is 11.8 Å². The van der Waals surface area contributed by atoms with Gasteiger partial charge in [0.2, 0.25) is 17.7 Å². The maximum Gasteiger partial charge on any atom is 0.313 e. The molecule has 1 spiro atoms. The van der Waals surface area contributed by atoms with E-state index in [0.717, 1.165) is 5.56 Å². The van der Waals surface area contributed by atoms with E-state index in [9.17, 15) is 24.3 Å². The molecule has 5 rings (SSSR count). The summed E-state index contributed by atoms with van der Waals surface area (Å²) in [4.78, 5) is 58.2. The van der Waals surface area contributed by atoms with Gasteiger partial charge in [0, 0.05) is 37.5 Å². The van der Waals surface area contributed by atoms with E-state index in [4.69, 9.17) is 9.47 Å². The van der Waals surface area contributed by atoms with Gasteiger partial charge in [-0.05, 0) is 30.4 Å². The number of ether oxygens (including phenoxy) is 2. The maximum atomic E-state index is 14.5. The second kappa shape index (κ2) is 15.4. The van der Waals surface area contributed by atoms with Crippen molar-refractivity contribution in [1.29, 1.82) is 0 Å². The van der Waals surface area contributed by atoms with E-state index in [0.29, 0.717) is 24.9 Å². The summed E-state index contributed by atoms with van der Waals surface area (Å²) >= 11 is 3.70. The number of halogens is 1. The lowest BCUT2D eigenvalue weighted by atomic mass is 9.70. The number of fused-ring (bicyclic) bond motifs is 1. The molecule has 0 saturated carbocycles. The van der Waals surface area contributed by atoms with Gasteiger partial charge < -0.3 is 29.7 Å². The molecule has 47 heavy (non-hydrogen) atoms. The highest BCUT2D eigenvalue weighted by atomic mass is 79.9. The van der Waals surface area contributed by atoms with Crippen LogP contribution >= 0.6 is 15.9 Å². The van der Waals surface area contributed by atoms with Gasteiger partial charge >= 0.3 is 5.97 Å². The van der Waals surface area contributed by atoms with Crippen molar-refractivity contribution >= 4 is 39.6 Å². The lowest BCUT2D eigenvalue weighted by Crippen LogP contribution is -2.56. The Labute approximate surface area is 283 Å². The molecule has 2 aromatic carbocycles. The summed E-state index contributed by atoms with van der Waals surface area (Å²) in [7, 11) is 0. The summed E-state index contributed by atoms with van der Waals surface area (Å²) in [6.45, 7) is 8.06. The minimum atomic E-state index is -1.27. The van der Waals surface area contributed by atoms with Crippen LogP contribution in [0.5, 0.6) is 0 Å². The lowest BCUT2D eigenvalue weighted by Gasteiger charge is -2.37. The van der Waals surface area contributed by atoms with E-state index in [1.54, 1.807) is 17.1 Å². The minimum absolute atomic E-state index is 0.0468. The van der Waals surface area contributed by atoms with Gasteiger partial charge in [-0.1, -0.05) is 88.7 Å². The van der Waals surface area contributed by atoms with Crippen molar-refractivity contribution in [3.63, 3.8) is 0 Å². The third-order valence-corrected chi connectivity index (χ3v) is 10.1. The highest BCUT2D eigenvalue weighted by Crippen LogP contribution is 2.60. The van der Waals surface area contributed by atoms with E-state index in [1.165, 1.54) is 4.90 Å². The number of esters is 1. The molecule has 3 amide bonds. The van der Waals surface area contributed by atoms with Crippen LogP contribution in [0.15, 0.2) is 86.0 Å². The quantitative estimate of drug-likeness (QED) is 0.155. The minimum Gasteiger partial charge on any atom is -0.455 e. The van der Waals surface area contributed by atoms with Gasteiger partial charge in [-0.25, -0.2) is 0 Å². The van der Waals surface area contributed by atoms with Gasteiger partial charge in [0.05, 0.1) is 24.5 Å². The number of nitrogens with zero attached hydrogens (tertiary/aromatic N) is 2. The molecule has 2 N–H and O–H groups in total. The van der Waals surface area contributed by atoms with E-state index in [1.807, 2.05) is 60.7 Å². The maximum absolute atomic E-state index is 14.5. The summed E-state index contributed by atoms with van der Waals surface area (Å²) in [6, 6.07) is 17.7. The van der Waals surface area contributed by atoms with Crippen molar-refractivity contribution in [3.05, 3.63) is 97.1 Å². The Balaban J connectivity index is 1.45. The predicted molar refractivity (Wildman–Crippen MR) is 179 cm³/mol. The molecule has 3 saturated heterocycles. The lowest BCUT2D eigenvalue weighted by molar-refractivity contribution is -0.160. The Morgan fingerprint density at radius 1 is 1.13 bits per heavy atom. The van der Waals surface area contributed by atoms with E-state index in [2.05, 4.69) is 34.4 Å². The summed E-state index contributed by atoms with van der Waals surface area (Å²) in [5.41, 5.74) is 0.335. The number of benzene rings is 2. The molecule has 3 heterocycles. The van der Waals surface area contributed by atoms with Gasteiger partial charge in [-0.2, -0.15) is 0 Å². The molecule has 10 nitrogen and oxygen atoms in total. The molecule has 3 fully saturated rings. The Bertz CT molecular complexity index is 1460. The van der Waals surface area contributed by atoms with Crippen molar-refractivity contribution in [2.45, 2.75) is 60.9 Å². The highest BCUT2D eigenvalue weighted by molar-refractivity contribution is 9.09. The number of carbonyl (C=O) groups is 4. The largest absolute Gasteiger partial charge is 0.455 e. The van der Waals surface area contributed by atoms with Crippen LogP contribution in [0.2, 0.25) is 0 Å². The van der Waals surface area contributed by atoms with Gasteiger partial charge in [0.15, 0.2) is 0 Å². The third-order valence-electron chi connectivity index (χ3n) is 9.22. The van der Waals surface area contributed by atoms with Crippen LogP contribution in [-0.4, -0.2) is 87.4 Å². The van der Waals surface area contributed by atoms with Crippen LogP contribution in [0.1, 0.15) is 42.9 Å². The zero-order valence-corrected chi connectivity index (χ0v) is 27.9. The van der Waals surface area contributed by atoms with Crippen molar-refractivity contribution in [1.82, 2.24) is 15.1 Å². The molecule has 1 unspecified atom stereocenters. The van der Waals surface area contributed by atoms with E-state index >= 15 is 0 Å². The number of allylic oxidation sites excluding steroid dienone is 1. The van der Waals surface area contributed by atoms with Gasteiger partial charge in [-0.15, -0.1) is 13.2 Å². The zero-order chi connectivity index (χ0) is 33.6. The topological polar surface area (TPSA) is 125 Å². The Hall–Kier alpha value is -3.80. The average Bonchev–Trinajstić information content (AvgIpc) is 3.67. The first kappa shape index (κ1) is 34.5. The number of aliphatic hydroxyl groups is 1. The molecule has 11 heteroatoms. The molecule has 3 aliphatic rings. The summed E-state index contributed by atoms with van der Waals surface area (Å²) in [5.74, 6) is -3.44. The fourth-order valence-electron chi connectivity index (χ4n) is 7.17. The van der Waals surface area contributed by atoms with Crippen LogP contribution < -0.4 is 5.32 Å². The van der Waals surface area contributed by atoms with Crippen LogP contribution in [0, 0.1) is 11.8 Å². The first-order valence-corrected chi connectivity index (χ1v) is 17.0. The fraction of sp³-hybridized carbons (Fsp3) is 0.444. The second-order valence-corrected chi connectivity index (χ2v) is 13.4. The molecule has 7 atom stereocenters. The molecule has 0 radical (unpaired) electrons. The Kier molecular flexibility index (Phi) is 11.3. The molecule has 250 valence electrons. The first-order valence-electron chi connectivity index (χ1n) is 16.1. The predicted octanol–water partition coefficient (Wildman–Crippen LogP) is 3.70. The number of alkyl halides is 1. The fourth-order valence-corrected chi connectivity index (χ4v) is 8.11. The number of likely N-dealkylation sites (tertiary alicyclic amines) is 1. The van der Waals surface area contributed by atoms with Crippen LogP contribution in [-0.2, 0) is 35.2 Å². The van der Waals surface area contributed by atoms with E-state index < -0.39 is 41.7 Å². The monoisotopic (exact) mass is 707 g/mol. The van der Waals surface area contributed by atoms with Crippen LogP contribution in [0.3, 0.4) is 0 Å².